The minimum atomic E-state index is -0.846. The summed E-state index contributed by atoms with van der Waals surface area (Å²) in [4.78, 5) is 12.2. The van der Waals surface area contributed by atoms with Gasteiger partial charge in [-0.05, 0) is 17.7 Å². The molecule has 1 aromatic carbocycles. The topological polar surface area (TPSA) is 57.5 Å². The van der Waals surface area contributed by atoms with Crippen molar-refractivity contribution in [2.75, 3.05) is 0 Å². The van der Waals surface area contributed by atoms with Crippen molar-refractivity contribution in [3.8, 4) is 0 Å². The number of hydrogen-bond acceptors (Lipinski definition) is 3. The van der Waals surface area contributed by atoms with Crippen molar-refractivity contribution in [2.24, 2.45) is 0 Å². The summed E-state index contributed by atoms with van der Waals surface area (Å²) in [7, 11) is 0. The van der Waals surface area contributed by atoms with Gasteiger partial charge in [0.05, 0.1) is 12.5 Å². The molecule has 2 N–H and O–H groups in total. The number of carbonyl (C=O) groups is 1. The fourth-order valence-corrected chi connectivity index (χ4v) is 2.75. The third kappa shape index (κ3) is 3.42. The van der Waals surface area contributed by atoms with Crippen LogP contribution in [0.5, 0.6) is 0 Å². The van der Waals surface area contributed by atoms with E-state index in [4.69, 9.17) is 5.11 Å². The van der Waals surface area contributed by atoms with E-state index in [1.54, 1.807) is 12.1 Å². The Kier molecular flexibility index (Phi) is 4.12. The summed E-state index contributed by atoms with van der Waals surface area (Å²) in [6, 6.07) is 13.3. The largest absolute Gasteiger partial charge is 0.481 e. The monoisotopic (exact) mass is 262 g/mol. The molecule has 0 amide bonds. The van der Waals surface area contributed by atoms with E-state index in [1.165, 1.54) is 11.3 Å². The zero-order valence-electron chi connectivity index (χ0n) is 9.74. The van der Waals surface area contributed by atoms with Gasteiger partial charge in [-0.15, -0.1) is 11.3 Å². The number of aliphatic hydroxyl groups is 1. The summed E-state index contributed by atoms with van der Waals surface area (Å²) in [5, 5.41) is 18.8. The number of carboxylic acid groups (broad SMARTS) is 1. The van der Waals surface area contributed by atoms with Crippen LogP contribution in [0.4, 0.5) is 0 Å². The molecule has 18 heavy (non-hydrogen) atoms. The fourth-order valence-electron chi connectivity index (χ4n) is 1.76. The first kappa shape index (κ1) is 12.8. The maximum absolute atomic E-state index is 10.6. The zero-order valence-corrected chi connectivity index (χ0v) is 10.6. The molecule has 2 rings (SSSR count). The number of carboxylic acids is 1. The average Bonchev–Trinajstić information content (AvgIpc) is 2.78. The lowest BCUT2D eigenvalue weighted by molar-refractivity contribution is -0.136. The van der Waals surface area contributed by atoms with Crippen molar-refractivity contribution >= 4 is 17.3 Å². The summed E-state index contributed by atoms with van der Waals surface area (Å²) >= 11 is 1.36. The van der Waals surface area contributed by atoms with E-state index in [0.29, 0.717) is 6.42 Å². The molecule has 0 aliphatic heterocycles. The first-order valence-electron chi connectivity index (χ1n) is 5.67. The van der Waals surface area contributed by atoms with Crippen LogP contribution in [0, 0.1) is 0 Å². The number of thiophene rings is 1. The van der Waals surface area contributed by atoms with Crippen LogP contribution < -0.4 is 0 Å². The zero-order chi connectivity index (χ0) is 13.0. The van der Waals surface area contributed by atoms with Gasteiger partial charge in [-0.2, -0.15) is 0 Å². The quantitative estimate of drug-likeness (QED) is 0.871. The van der Waals surface area contributed by atoms with E-state index in [0.717, 1.165) is 15.3 Å². The fraction of sp³-hybridized carbons (Fsp3) is 0.214. The predicted molar refractivity (Wildman–Crippen MR) is 70.8 cm³/mol. The highest BCUT2D eigenvalue weighted by Crippen LogP contribution is 2.26. The number of aliphatic carboxylic acids is 1. The van der Waals surface area contributed by atoms with E-state index in [2.05, 4.69) is 0 Å². The first-order valence-corrected chi connectivity index (χ1v) is 6.49. The van der Waals surface area contributed by atoms with Crippen molar-refractivity contribution in [3.05, 3.63) is 57.8 Å². The predicted octanol–water partition coefficient (Wildman–Crippen LogP) is 2.65. The van der Waals surface area contributed by atoms with Crippen LogP contribution in [0.3, 0.4) is 0 Å². The summed E-state index contributed by atoms with van der Waals surface area (Å²) in [5.74, 6) is -0.846. The van der Waals surface area contributed by atoms with Gasteiger partial charge in [0, 0.05) is 16.2 Å². The van der Waals surface area contributed by atoms with Gasteiger partial charge in [0.15, 0.2) is 0 Å². The molecular formula is C14H14O3S. The normalized spacial score (nSPS) is 12.3. The molecule has 1 heterocycles. The molecule has 0 saturated carbocycles. The lowest BCUT2D eigenvalue weighted by atomic mass is 10.1. The summed E-state index contributed by atoms with van der Waals surface area (Å²) in [6.45, 7) is 0. The van der Waals surface area contributed by atoms with Gasteiger partial charge in [-0.3, -0.25) is 4.79 Å². The number of hydrogen-bond donors (Lipinski definition) is 2. The Labute approximate surface area is 109 Å². The Hall–Kier alpha value is -1.65. The van der Waals surface area contributed by atoms with Gasteiger partial charge in [0.1, 0.15) is 0 Å². The van der Waals surface area contributed by atoms with Gasteiger partial charge < -0.3 is 10.2 Å². The van der Waals surface area contributed by atoms with Gasteiger partial charge in [0.2, 0.25) is 0 Å². The maximum Gasteiger partial charge on any atom is 0.308 e. The second-order valence-corrected chi connectivity index (χ2v) is 5.28. The van der Waals surface area contributed by atoms with E-state index in [9.17, 15) is 9.90 Å². The van der Waals surface area contributed by atoms with Crippen LogP contribution in [0.2, 0.25) is 0 Å². The minimum Gasteiger partial charge on any atom is -0.481 e. The van der Waals surface area contributed by atoms with Gasteiger partial charge in [-0.1, -0.05) is 30.3 Å². The lowest BCUT2D eigenvalue weighted by Crippen LogP contribution is -1.99. The average molecular weight is 262 g/mol. The van der Waals surface area contributed by atoms with Crippen molar-refractivity contribution in [3.63, 3.8) is 0 Å². The first-order chi connectivity index (χ1) is 8.65. The van der Waals surface area contributed by atoms with Crippen molar-refractivity contribution < 1.29 is 15.0 Å². The van der Waals surface area contributed by atoms with E-state index < -0.39 is 12.1 Å². The number of aliphatic hydroxyl groups excluding tert-OH is 1. The highest BCUT2D eigenvalue weighted by molar-refractivity contribution is 7.12. The molecule has 0 fully saturated rings. The second-order valence-electron chi connectivity index (χ2n) is 4.08. The summed E-state index contributed by atoms with van der Waals surface area (Å²) < 4.78 is 0. The molecule has 0 radical (unpaired) electrons. The highest BCUT2D eigenvalue weighted by Gasteiger charge is 2.12. The molecule has 1 atom stereocenters. The van der Waals surface area contributed by atoms with Crippen molar-refractivity contribution in [2.45, 2.75) is 18.9 Å². The molecule has 0 aliphatic rings. The molecule has 1 aromatic heterocycles. The molecule has 4 heteroatoms. The molecular weight excluding hydrogens is 248 g/mol. The van der Waals surface area contributed by atoms with Crippen LogP contribution in [-0.2, 0) is 17.6 Å². The molecule has 94 valence electrons. The second kappa shape index (κ2) is 5.80. The van der Waals surface area contributed by atoms with E-state index >= 15 is 0 Å². The van der Waals surface area contributed by atoms with E-state index in [1.807, 2.05) is 30.3 Å². The molecule has 0 aliphatic carbocycles. The Balaban J connectivity index is 2.03. The Morgan fingerprint density at radius 3 is 2.56 bits per heavy atom. The molecule has 3 nitrogen and oxygen atoms in total. The van der Waals surface area contributed by atoms with Gasteiger partial charge >= 0.3 is 5.97 Å². The third-order valence-electron chi connectivity index (χ3n) is 2.61. The van der Waals surface area contributed by atoms with Gasteiger partial charge in [0.25, 0.3) is 0 Å². The maximum atomic E-state index is 10.6. The summed E-state index contributed by atoms with van der Waals surface area (Å²) in [6.07, 6.45) is -0.00344. The van der Waals surface area contributed by atoms with E-state index in [-0.39, 0.29) is 6.42 Å². The molecule has 1 unspecified atom stereocenters. The molecule has 0 saturated heterocycles. The third-order valence-corrected chi connectivity index (χ3v) is 3.79. The van der Waals surface area contributed by atoms with Crippen LogP contribution >= 0.6 is 11.3 Å². The number of rotatable bonds is 5. The standard InChI is InChI=1S/C14H14O3S/c15-12(8-10-4-2-1-3-5-10)13-7-6-11(18-13)9-14(16)17/h1-7,12,15H,8-9H2,(H,16,17). The van der Waals surface area contributed by atoms with Crippen LogP contribution in [0.1, 0.15) is 21.4 Å². The Morgan fingerprint density at radius 2 is 1.89 bits per heavy atom. The van der Waals surface area contributed by atoms with Gasteiger partial charge in [-0.25, -0.2) is 0 Å². The lowest BCUT2D eigenvalue weighted by Gasteiger charge is -2.08. The highest BCUT2D eigenvalue weighted by atomic mass is 32.1. The van der Waals surface area contributed by atoms with Crippen LogP contribution in [0.15, 0.2) is 42.5 Å². The Bertz CT molecular complexity index is 519. The SMILES string of the molecule is O=C(O)Cc1ccc(C(O)Cc2ccccc2)s1. The molecule has 0 spiro atoms. The smallest absolute Gasteiger partial charge is 0.308 e. The summed E-state index contributed by atoms with van der Waals surface area (Å²) in [5.41, 5.74) is 1.07. The molecule has 2 aromatic rings. The molecule has 0 bridgehead atoms. The number of benzene rings is 1. The van der Waals surface area contributed by atoms with Crippen LogP contribution in [-0.4, -0.2) is 16.2 Å². The van der Waals surface area contributed by atoms with Crippen molar-refractivity contribution in [1.29, 1.82) is 0 Å². The minimum absolute atomic E-state index is 0.0166. The van der Waals surface area contributed by atoms with Crippen LogP contribution in [0.25, 0.3) is 0 Å². The Morgan fingerprint density at radius 1 is 1.17 bits per heavy atom. The van der Waals surface area contributed by atoms with Crippen molar-refractivity contribution in [1.82, 2.24) is 0 Å².